The first kappa shape index (κ1) is 10.6. The quantitative estimate of drug-likeness (QED) is 0.687. The summed E-state index contributed by atoms with van der Waals surface area (Å²) in [4.78, 5) is 0. The zero-order chi connectivity index (χ0) is 6.69. The maximum atomic E-state index is 3.05. The summed E-state index contributed by atoms with van der Waals surface area (Å²) in [5.41, 5.74) is 2.77. The third-order valence-electron chi connectivity index (χ3n) is 1.57. The van der Waals surface area contributed by atoms with Gasteiger partial charge in [0, 0.05) is 40.4 Å². The van der Waals surface area contributed by atoms with Crippen molar-refractivity contribution >= 4 is 0 Å². The summed E-state index contributed by atoms with van der Waals surface area (Å²) in [6.45, 7) is 4.29. The van der Waals surface area contributed by atoms with Crippen LogP contribution in [0.3, 0.4) is 0 Å². The Kier molecular flexibility index (Phi) is 5.53. The van der Waals surface area contributed by atoms with E-state index in [1.807, 2.05) is 6.07 Å². The minimum atomic E-state index is 0. The molecule has 0 fully saturated rings. The Labute approximate surface area is 95.1 Å². The van der Waals surface area contributed by atoms with Crippen LogP contribution in [-0.4, -0.2) is 0 Å². The van der Waals surface area contributed by atoms with Gasteiger partial charge < -0.3 is 0 Å². The van der Waals surface area contributed by atoms with Gasteiger partial charge in [-0.05, 0) is 0 Å². The molecular weight excluding hydrogens is 258 g/mol. The van der Waals surface area contributed by atoms with Crippen LogP contribution >= 0.6 is 0 Å². The summed E-state index contributed by atoms with van der Waals surface area (Å²) in [6, 6.07) is 9.15. The molecule has 0 amide bonds. The molecule has 0 aliphatic heterocycles. The summed E-state index contributed by atoms with van der Waals surface area (Å²) in [6.07, 6.45) is 1.11. The van der Waals surface area contributed by atoms with Gasteiger partial charge in [-0.2, -0.15) is 35.4 Å². The van der Waals surface area contributed by atoms with E-state index in [4.69, 9.17) is 0 Å². The molecule has 0 saturated heterocycles. The van der Waals surface area contributed by atoms with Crippen LogP contribution in [0.1, 0.15) is 18.1 Å². The van der Waals surface area contributed by atoms with Crippen molar-refractivity contribution in [1.29, 1.82) is 0 Å². The van der Waals surface area contributed by atoms with Gasteiger partial charge in [-0.3, -0.25) is 0 Å². The van der Waals surface area contributed by atoms with E-state index in [0.29, 0.717) is 0 Å². The smallest absolute Gasteiger partial charge is 0 e. The van der Waals surface area contributed by atoms with Crippen molar-refractivity contribution in [2.24, 2.45) is 0 Å². The largest absolute Gasteiger partial charge is 0.184 e. The molecule has 0 radical (unpaired) electrons. The molecule has 0 atom stereocenters. The normalized spacial score (nSPS) is 8.60. The summed E-state index contributed by atoms with van der Waals surface area (Å²) < 4.78 is 0. The van der Waals surface area contributed by atoms with Gasteiger partial charge in [-0.1, -0.05) is 20.3 Å². The maximum Gasteiger partial charge on any atom is 0 e. The Morgan fingerprint density at radius 1 is 1.50 bits per heavy atom. The van der Waals surface area contributed by atoms with Crippen LogP contribution < -0.4 is 0 Å². The number of hydrogen-bond donors (Lipinski definition) is 0. The van der Waals surface area contributed by atoms with E-state index in [1.54, 1.807) is 0 Å². The van der Waals surface area contributed by atoms with Gasteiger partial charge >= 0.3 is 0 Å². The van der Waals surface area contributed by atoms with Gasteiger partial charge in [0.05, 0.1) is 0 Å². The van der Waals surface area contributed by atoms with E-state index < -0.39 is 0 Å². The molecule has 1 aromatic carbocycles. The van der Waals surface area contributed by atoms with Crippen molar-refractivity contribution in [3.8, 4) is 0 Å². The van der Waals surface area contributed by atoms with Crippen LogP contribution in [0.2, 0.25) is 0 Å². The molecule has 0 saturated carbocycles. The predicted octanol–water partition coefficient (Wildman–Crippen LogP) is 2.36. The Hall–Kier alpha value is 0.558. The molecule has 54 valence electrons. The Balaban J connectivity index is 0.000000810. The second-order valence-corrected chi connectivity index (χ2v) is 2.21. The summed E-state index contributed by atoms with van der Waals surface area (Å²) in [5, 5.41) is 0. The molecule has 0 nitrogen and oxygen atoms in total. The van der Waals surface area contributed by atoms with Gasteiger partial charge in [0.15, 0.2) is 0 Å². The van der Waals surface area contributed by atoms with Crippen LogP contribution in [-0.2, 0) is 6.42 Å². The molecule has 0 aromatic heterocycles. The average Bonchev–Trinajstić information content (AvgIpc) is 1.89. The molecule has 0 unspecified atom stereocenters. The SMILES string of the molecule is CCc1c[c-]ccc1C.[Sm]. The third kappa shape index (κ3) is 2.66. The fourth-order valence-electron chi connectivity index (χ4n) is 0.924. The first-order chi connectivity index (χ1) is 4.34. The summed E-state index contributed by atoms with van der Waals surface area (Å²) in [7, 11) is 0. The molecule has 0 spiro atoms. The van der Waals surface area contributed by atoms with Gasteiger partial charge in [0.1, 0.15) is 0 Å². The van der Waals surface area contributed by atoms with E-state index in [-0.39, 0.29) is 40.4 Å². The molecule has 0 aliphatic carbocycles. The monoisotopic (exact) mass is 271 g/mol. The van der Waals surface area contributed by atoms with Crippen molar-refractivity contribution in [2.45, 2.75) is 20.3 Å². The molecule has 0 aliphatic rings. The van der Waals surface area contributed by atoms with Crippen LogP contribution in [0.5, 0.6) is 0 Å². The average molecular weight is 270 g/mol. The van der Waals surface area contributed by atoms with E-state index in [9.17, 15) is 0 Å². The van der Waals surface area contributed by atoms with E-state index in [0.717, 1.165) is 6.42 Å². The minimum absolute atomic E-state index is 0. The van der Waals surface area contributed by atoms with Crippen molar-refractivity contribution in [3.63, 3.8) is 0 Å². The second-order valence-electron chi connectivity index (χ2n) is 2.21. The molecule has 1 aromatic rings. The van der Waals surface area contributed by atoms with Crippen LogP contribution in [0.25, 0.3) is 0 Å². The standard InChI is InChI=1S/C9H11.Sm/c1-3-9-7-5-4-6-8(9)2;/h4,6-7H,3H2,1-2H3;/q-1;. The molecule has 0 N–H and O–H groups in total. The maximum absolute atomic E-state index is 3.05. The van der Waals surface area contributed by atoms with Crippen molar-refractivity contribution in [1.82, 2.24) is 0 Å². The minimum Gasteiger partial charge on any atom is -0.184 e. The third-order valence-corrected chi connectivity index (χ3v) is 1.57. The van der Waals surface area contributed by atoms with Crippen LogP contribution in [0.4, 0.5) is 0 Å². The number of benzene rings is 1. The van der Waals surface area contributed by atoms with Crippen molar-refractivity contribution in [3.05, 3.63) is 35.4 Å². The Morgan fingerprint density at radius 3 is 2.60 bits per heavy atom. The topological polar surface area (TPSA) is 0 Å². The van der Waals surface area contributed by atoms with E-state index in [1.165, 1.54) is 11.1 Å². The molecular formula is C9H11Sm-. The fourth-order valence-corrected chi connectivity index (χ4v) is 0.924. The number of hydrogen-bond acceptors (Lipinski definition) is 0. The first-order valence-corrected chi connectivity index (χ1v) is 3.30. The van der Waals surface area contributed by atoms with E-state index >= 15 is 0 Å². The van der Waals surface area contributed by atoms with E-state index in [2.05, 4.69) is 32.0 Å². The Morgan fingerprint density at radius 2 is 2.20 bits per heavy atom. The first-order valence-electron chi connectivity index (χ1n) is 3.30. The molecule has 0 bridgehead atoms. The van der Waals surface area contributed by atoms with Crippen LogP contribution in [0.15, 0.2) is 18.2 Å². The van der Waals surface area contributed by atoms with Gasteiger partial charge in [-0.25, -0.2) is 0 Å². The molecule has 10 heavy (non-hydrogen) atoms. The van der Waals surface area contributed by atoms with Gasteiger partial charge in [0.2, 0.25) is 0 Å². The fraction of sp³-hybridized carbons (Fsp3) is 0.333. The van der Waals surface area contributed by atoms with Gasteiger partial charge in [-0.15, -0.1) is 0 Å². The van der Waals surface area contributed by atoms with Crippen molar-refractivity contribution in [2.75, 3.05) is 0 Å². The summed E-state index contributed by atoms with van der Waals surface area (Å²) in [5.74, 6) is 0. The second kappa shape index (κ2) is 5.24. The van der Waals surface area contributed by atoms with Gasteiger partial charge in [0.25, 0.3) is 0 Å². The molecule has 0 heterocycles. The molecule has 1 heteroatoms. The molecule has 1 rings (SSSR count). The van der Waals surface area contributed by atoms with Crippen molar-refractivity contribution < 1.29 is 40.4 Å². The zero-order valence-corrected chi connectivity index (χ0v) is 8.97. The summed E-state index contributed by atoms with van der Waals surface area (Å²) >= 11 is 0. The number of aryl methyl sites for hydroxylation is 2. The van der Waals surface area contributed by atoms with Crippen LogP contribution in [0, 0.1) is 53.4 Å². The number of rotatable bonds is 1. The Bertz CT molecular complexity index is 194. The zero-order valence-electron chi connectivity index (χ0n) is 6.35. The predicted molar refractivity (Wildman–Crippen MR) is 39.4 cm³/mol.